The maximum absolute atomic E-state index is 11.9. The lowest BCUT2D eigenvalue weighted by molar-refractivity contribution is -0.117. The van der Waals surface area contributed by atoms with Crippen LogP contribution in [-0.2, 0) is 9.53 Å². The monoisotopic (exact) mass is 299 g/mol. The van der Waals surface area contributed by atoms with E-state index in [-0.39, 0.29) is 24.4 Å². The summed E-state index contributed by atoms with van der Waals surface area (Å²) < 4.78 is 5.28. The van der Waals surface area contributed by atoms with Crippen molar-refractivity contribution in [2.24, 2.45) is 5.73 Å². The summed E-state index contributed by atoms with van der Waals surface area (Å²) in [6.45, 7) is 1.93. The van der Waals surface area contributed by atoms with Gasteiger partial charge in [-0.25, -0.2) is 0 Å². The Balaban J connectivity index is 0.00000200. The Kier molecular flexibility index (Phi) is 6.44. The van der Waals surface area contributed by atoms with Gasteiger partial charge in [-0.2, -0.15) is 0 Å². The molecule has 2 amide bonds. The second-order valence-electron chi connectivity index (χ2n) is 4.39. The van der Waals surface area contributed by atoms with Gasteiger partial charge in [-0.05, 0) is 12.1 Å². The van der Waals surface area contributed by atoms with Gasteiger partial charge in [0, 0.05) is 19.0 Å². The lowest BCUT2D eigenvalue weighted by Gasteiger charge is -2.23. The second-order valence-corrected chi connectivity index (χ2v) is 4.39. The van der Waals surface area contributed by atoms with E-state index in [1.54, 1.807) is 24.3 Å². The van der Waals surface area contributed by atoms with Crippen molar-refractivity contribution >= 4 is 29.9 Å². The van der Waals surface area contributed by atoms with Gasteiger partial charge in [0.1, 0.15) is 0 Å². The van der Waals surface area contributed by atoms with E-state index in [2.05, 4.69) is 10.6 Å². The van der Waals surface area contributed by atoms with E-state index in [0.29, 0.717) is 30.9 Å². The van der Waals surface area contributed by atoms with Crippen LogP contribution in [0.15, 0.2) is 24.3 Å². The van der Waals surface area contributed by atoms with Crippen LogP contribution in [0.2, 0.25) is 0 Å². The molecule has 0 spiro atoms. The van der Waals surface area contributed by atoms with Crippen LogP contribution in [0.4, 0.5) is 5.69 Å². The zero-order valence-corrected chi connectivity index (χ0v) is 11.7. The first-order valence-corrected chi connectivity index (χ1v) is 6.16. The number of morpholine rings is 1. The SMILES string of the molecule is Cl.NC(=O)c1ccccc1NC(=O)CC1COCCN1. The topological polar surface area (TPSA) is 93.5 Å². The number of amides is 2. The number of carbonyl (C=O) groups is 2. The predicted molar refractivity (Wildman–Crippen MR) is 78.1 cm³/mol. The standard InChI is InChI=1S/C13H17N3O3.ClH/c14-13(18)10-3-1-2-4-11(10)16-12(17)7-9-8-19-6-5-15-9;/h1-4,9,15H,5-8H2,(H2,14,18)(H,16,17);1H. The molecular formula is C13H18ClN3O3. The molecule has 1 heterocycles. The van der Waals surface area contributed by atoms with E-state index < -0.39 is 5.91 Å². The summed E-state index contributed by atoms with van der Waals surface area (Å²) in [6.07, 6.45) is 0.299. The van der Waals surface area contributed by atoms with E-state index in [4.69, 9.17) is 10.5 Å². The maximum atomic E-state index is 11.9. The molecule has 1 atom stereocenters. The van der Waals surface area contributed by atoms with Crippen LogP contribution in [0, 0.1) is 0 Å². The third-order valence-electron chi connectivity index (χ3n) is 2.90. The van der Waals surface area contributed by atoms with Crippen LogP contribution >= 0.6 is 12.4 Å². The lowest BCUT2D eigenvalue weighted by atomic mass is 10.1. The molecule has 1 unspecified atom stereocenters. The number of benzene rings is 1. The van der Waals surface area contributed by atoms with Crippen LogP contribution < -0.4 is 16.4 Å². The Morgan fingerprint density at radius 3 is 2.80 bits per heavy atom. The molecule has 0 aliphatic carbocycles. The minimum Gasteiger partial charge on any atom is -0.378 e. The zero-order chi connectivity index (χ0) is 13.7. The molecule has 0 saturated carbocycles. The molecule has 1 saturated heterocycles. The van der Waals surface area contributed by atoms with E-state index in [1.165, 1.54) is 0 Å². The summed E-state index contributed by atoms with van der Waals surface area (Å²) >= 11 is 0. The summed E-state index contributed by atoms with van der Waals surface area (Å²) in [7, 11) is 0. The average molecular weight is 300 g/mol. The van der Waals surface area contributed by atoms with Gasteiger partial charge in [-0.1, -0.05) is 12.1 Å². The van der Waals surface area contributed by atoms with Crippen molar-refractivity contribution < 1.29 is 14.3 Å². The van der Waals surface area contributed by atoms with Crippen molar-refractivity contribution in [3.05, 3.63) is 29.8 Å². The van der Waals surface area contributed by atoms with Crippen LogP contribution in [0.3, 0.4) is 0 Å². The third kappa shape index (κ3) is 4.48. The first-order valence-electron chi connectivity index (χ1n) is 6.16. The highest BCUT2D eigenvalue weighted by molar-refractivity contribution is 6.03. The van der Waals surface area contributed by atoms with Gasteiger partial charge < -0.3 is 21.1 Å². The number of rotatable bonds is 4. The average Bonchev–Trinajstić information content (AvgIpc) is 2.40. The molecule has 1 aromatic carbocycles. The van der Waals surface area contributed by atoms with Crippen LogP contribution in [0.5, 0.6) is 0 Å². The summed E-state index contributed by atoms with van der Waals surface area (Å²) in [4.78, 5) is 23.1. The van der Waals surface area contributed by atoms with E-state index in [0.717, 1.165) is 6.54 Å². The molecule has 0 bridgehead atoms. The van der Waals surface area contributed by atoms with E-state index in [9.17, 15) is 9.59 Å². The molecule has 2 rings (SSSR count). The first kappa shape index (κ1) is 16.4. The number of primary amides is 1. The highest BCUT2D eigenvalue weighted by Gasteiger charge is 2.18. The molecule has 1 fully saturated rings. The van der Waals surface area contributed by atoms with Gasteiger partial charge in [0.05, 0.1) is 24.5 Å². The molecule has 7 heteroatoms. The molecule has 1 aromatic rings. The fourth-order valence-electron chi connectivity index (χ4n) is 1.98. The largest absolute Gasteiger partial charge is 0.378 e. The van der Waals surface area contributed by atoms with Crippen molar-refractivity contribution in [1.82, 2.24) is 5.32 Å². The number of halogens is 1. The van der Waals surface area contributed by atoms with Gasteiger partial charge in [0.15, 0.2) is 0 Å². The highest BCUT2D eigenvalue weighted by atomic mass is 35.5. The van der Waals surface area contributed by atoms with Gasteiger partial charge in [-0.15, -0.1) is 12.4 Å². The molecule has 0 radical (unpaired) electrons. The minimum atomic E-state index is -0.560. The van der Waals surface area contributed by atoms with Crippen LogP contribution in [-0.4, -0.2) is 37.6 Å². The van der Waals surface area contributed by atoms with Gasteiger partial charge >= 0.3 is 0 Å². The Labute approximate surface area is 123 Å². The Bertz CT molecular complexity index is 476. The third-order valence-corrected chi connectivity index (χ3v) is 2.90. The van der Waals surface area contributed by atoms with E-state index >= 15 is 0 Å². The van der Waals surface area contributed by atoms with Crippen molar-refractivity contribution in [3.8, 4) is 0 Å². The first-order chi connectivity index (χ1) is 9.16. The number of hydrogen-bond acceptors (Lipinski definition) is 4. The summed E-state index contributed by atoms with van der Waals surface area (Å²) in [5, 5.41) is 5.90. The van der Waals surface area contributed by atoms with Crippen molar-refractivity contribution in [3.63, 3.8) is 0 Å². The fraction of sp³-hybridized carbons (Fsp3) is 0.385. The number of hydrogen-bond donors (Lipinski definition) is 3. The van der Waals surface area contributed by atoms with Crippen molar-refractivity contribution in [1.29, 1.82) is 0 Å². The van der Waals surface area contributed by atoms with Crippen molar-refractivity contribution in [2.75, 3.05) is 25.1 Å². The Hall–Kier alpha value is -1.63. The van der Waals surface area contributed by atoms with Crippen LogP contribution in [0.25, 0.3) is 0 Å². The molecule has 6 nitrogen and oxygen atoms in total. The summed E-state index contributed by atoms with van der Waals surface area (Å²) in [6, 6.07) is 6.69. The van der Waals surface area contributed by atoms with Gasteiger partial charge in [0.2, 0.25) is 5.91 Å². The molecule has 110 valence electrons. The van der Waals surface area contributed by atoms with E-state index in [1.807, 2.05) is 0 Å². The minimum absolute atomic E-state index is 0. The van der Waals surface area contributed by atoms with Gasteiger partial charge in [0.25, 0.3) is 5.91 Å². The number of anilines is 1. The Morgan fingerprint density at radius 1 is 1.40 bits per heavy atom. The second kappa shape index (κ2) is 7.84. The smallest absolute Gasteiger partial charge is 0.250 e. The molecule has 1 aliphatic heterocycles. The predicted octanol–water partition coefficient (Wildman–Crippen LogP) is 0.524. The molecule has 1 aliphatic rings. The molecular weight excluding hydrogens is 282 g/mol. The van der Waals surface area contributed by atoms with Crippen LogP contribution in [0.1, 0.15) is 16.8 Å². The maximum Gasteiger partial charge on any atom is 0.250 e. The number of nitrogens with one attached hydrogen (secondary N) is 2. The fourth-order valence-corrected chi connectivity index (χ4v) is 1.98. The molecule has 20 heavy (non-hydrogen) atoms. The molecule has 0 aromatic heterocycles. The number of ether oxygens (including phenoxy) is 1. The Morgan fingerprint density at radius 2 is 2.15 bits per heavy atom. The number of para-hydroxylation sites is 1. The lowest BCUT2D eigenvalue weighted by Crippen LogP contribution is -2.43. The van der Waals surface area contributed by atoms with Crippen molar-refractivity contribution in [2.45, 2.75) is 12.5 Å². The summed E-state index contributed by atoms with van der Waals surface area (Å²) in [5.41, 5.74) is 6.00. The molecule has 4 N–H and O–H groups in total. The van der Waals surface area contributed by atoms with Gasteiger partial charge in [-0.3, -0.25) is 9.59 Å². The highest BCUT2D eigenvalue weighted by Crippen LogP contribution is 2.14. The zero-order valence-electron chi connectivity index (χ0n) is 10.9. The quantitative estimate of drug-likeness (QED) is 0.756. The number of carbonyl (C=O) groups excluding carboxylic acids is 2. The normalized spacial score (nSPS) is 17.9. The number of nitrogens with two attached hydrogens (primary N) is 1. The summed E-state index contributed by atoms with van der Waals surface area (Å²) in [5.74, 6) is -0.730.